The van der Waals surface area contributed by atoms with Gasteiger partial charge < -0.3 is 5.32 Å². The summed E-state index contributed by atoms with van der Waals surface area (Å²) >= 11 is 8.45. The van der Waals surface area contributed by atoms with Crippen molar-refractivity contribution < 1.29 is 4.79 Å². The van der Waals surface area contributed by atoms with E-state index in [0.29, 0.717) is 21.0 Å². The predicted octanol–water partition coefficient (Wildman–Crippen LogP) is 3.95. The van der Waals surface area contributed by atoms with Crippen molar-refractivity contribution in [3.63, 3.8) is 0 Å². The standard InChI is InChI=1S/C11H11ClN4OS2/c1-2-18-11-15-10(19-16-11)14-9(17)13-8-5-3-7(12)4-6-8/h3-6H,2H2,1H3,(H2,13,14,15,16,17). The van der Waals surface area contributed by atoms with Crippen molar-refractivity contribution in [2.24, 2.45) is 0 Å². The molecule has 0 aliphatic heterocycles. The van der Waals surface area contributed by atoms with E-state index in [1.165, 1.54) is 11.8 Å². The van der Waals surface area contributed by atoms with E-state index in [4.69, 9.17) is 11.6 Å². The molecule has 0 fully saturated rings. The Morgan fingerprint density at radius 2 is 2.11 bits per heavy atom. The van der Waals surface area contributed by atoms with Crippen molar-refractivity contribution >= 4 is 51.7 Å². The van der Waals surface area contributed by atoms with Crippen LogP contribution in [0.3, 0.4) is 0 Å². The van der Waals surface area contributed by atoms with Crippen molar-refractivity contribution in [1.82, 2.24) is 9.36 Å². The molecular formula is C11H11ClN4OS2. The van der Waals surface area contributed by atoms with E-state index in [9.17, 15) is 4.79 Å². The molecule has 5 nitrogen and oxygen atoms in total. The smallest absolute Gasteiger partial charge is 0.308 e. The molecule has 0 saturated carbocycles. The summed E-state index contributed by atoms with van der Waals surface area (Å²) < 4.78 is 4.11. The zero-order chi connectivity index (χ0) is 13.7. The van der Waals surface area contributed by atoms with Gasteiger partial charge in [-0.05, 0) is 30.0 Å². The van der Waals surface area contributed by atoms with Crippen LogP contribution in [0.5, 0.6) is 0 Å². The van der Waals surface area contributed by atoms with Gasteiger partial charge in [0.15, 0.2) is 0 Å². The van der Waals surface area contributed by atoms with Crippen LogP contribution in [0.15, 0.2) is 29.4 Å². The molecule has 2 aromatic rings. The zero-order valence-electron chi connectivity index (χ0n) is 10.0. The van der Waals surface area contributed by atoms with Gasteiger partial charge in [-0.1, -0.05) is 30.3 Å². The fourth-order valence-corrected chi connectivity index (χ4v) is 2.63. The molecule has 0 radical (unpaired) electrons. The molecule has 0 atom stereocenters. The number of aromatic nitrogens is 2. The summed E-state index contributed by atoms with van der Waals surface area (Å²) in [4.78, 5) is 15.9. The van der Waals surface area contributed by atoms with Crippen LogP contribution < -0.4 is 10.6 Å². The Bertz CT molecular complexity index is 558. The monoisotopic (exact) mass is 314 g/mol. The molecule has 2 N–H and O–H groups in total. The van der Waals surface area contributed by atoms with Gasteiger partial charge in [-0.2, -0.15) is 9.36 Å². The van der Waals surface area contributed by atoms with E-state index in [1.54, 1.807) is 24.3 Å². The normalized spacial score (nSPS) is 10.2. The Hall–Kier alpha value is -1.31. The first-order valence-electron chi connectivity index (χ1n) is 5.47. The van der Waals surface area contributed by atoms with E-state index >= 15 is 0 Å². The van der Waals surface area contributed by atoms with Crippen LogP contribution in [-0.4, -0.2) is 21.1 Å². The second kappa shape index (κ2) is 6.74. The van der Waals surface area contributed by atoms with Crippen LogP contribution in [0.4, 0.5) is 15.6 Å². The number of hydrogen-bond donors (Lipinski definition) is 2. The molecule has 100 valence electrons. The number of nitrogens with zero attached hydrogens (tertiary/aromatic N) is 2. The highest BCUT2D eigenvalue weighted by molar-refractivity contribution is 7.99. The summed E-state index contributed by atoms with van der Waals surface area (Å²) in [5.74, 6) is 0.896. The first-order valence-corrected chi connectivity index (χ1v) is 7.61. The van der Waals surface area contributed by atoms with Crippen molar-refractivity contribution in [2.45, 2.75) is 12.1 Å². The summed E-state index contributed by atoms with van der Waals surface area (Å²) in [6.45, 7) is 2.02. The average Bonchev–Trinajstić information content (AvgIpc) is 2.80. The van der Waals surface area contributed by atoms with Crippen LogP contribution in [0.25, 0.3) is 0 Å². The average molecular weight is 315 g/mol. The largest absolute Gasteiger partial charge is 0.325 e. The summed E-state index contributed by atoms with van der Waals surface area (Å²) in [6.07, 6.45) is 0. The van der Waals surface area contributed by atoms with Crippen molar-refractivity contribution in [1.29, 1.82) is 0 Å². The highest BCUT2D eigenvalue weighted by atomic mass is 35.5. The van der Waals surface area contributed by atoms with Crippen LogP contribution in [0.2, 0.25) is 5.02 Å². The van der Waals surface area contributed by atoms with E-state index in [0.717, 1.165) is 17.3 Å². The molecule has 0 aliphatic rings. The SMILES string of the molecule is CCSc1nsc(NC(=O)Nc2ccc(Cl)cc2)n1. The predicted molar refractivity (Wildman–Crippen MR) is 80.4 cm³/mol. The van der Waals surface area contributed by atoms with Crippen LogP contribution in [0, 0.1) is 0 Å². The number of amides is 2. The Balaban J connectivity index is 1.91. The minimum atomic E-state index is -0.355. The second-order valence-electron chi connectivity index (χ2n) is 3.40. The maximum atomic E-state index is 11.7. The summed E-state index contributed by atoms with van der Waals surface area (Å²) in [6, 6.07) is 6.50. The molecule has 1 aromatic carbocycles. The lowest BCUT2D eigenvalue weighted by atomic mass is 10.3. The van der Waals surface area contributed by atoms with Gasteiger partial charge in [0.2, 0.25) is 10.3 Å². The van der Waals surface area contributed by atoms with Gasteiger partial charge in [0.1, 0.15) is 0 Å². The Kier molecular flexibility index (Phi) is 5.00. The van der Waals surface area contributed by atoms with E-state index in [2.05, 4.69) is 20.0 Å². The van der Waals surface area contributed by atoms with Crippen LogP contribution in [-0.2, 0) is 0 Å². The van der Waals surface area contributed by atoms with Crippen molar-refractivity contribution in [3.05, 3.63) is 29.3 Å². The second-order valence-corrected chi connectivity index (χ2v) is 5.82. The lowest BCUT2D eigenvalue weighted by Gasteiger charge is -2.04. The fraction of sp³-hybridized carbons (Fsp3) is 0.182. The minimum absolute atomic E-state index is 0.355. The van der Waals surface area contributed by atoms with Gasteiger partial charge in [-0.25, -0.2) is 4.79 Å². The number of carbonyl (C=O) groups is 1. The molecule has 1 heterocycles. The van der Waals surface area contributed by atoms with Crippen molar-refractivity contribution in [2.75, 3.05) is 16.4 Å². The van der Waals surface area contributed by atoms with Crippen LogP contribution in [0.1, 0.15) is 6.92 Å². The maximum Gasteiger partial charge on any atom is 0.325 e. The number of rotatable bonds is 4. The first-order chi connectivity index (χ1) is 9.17. The number of nitrogens with one attached hydrogen (secondary N) is 2. The lowest BCUT2D eigenvalue weighted by Crippen LogP contribution is -2.19. The zero-order valence-corrected chi connectivity index (χ0v) is 12.4. The van der Waals surface area contributed by atoms with Crippen molar-refractivity contribution in [3.8, 4) is 0 Å². The Morgan fingerprint density at radius 3 is 2.79 bits per heavy atom. The van der Waals surface area contributed by atoms with Gasteiger partial charge in [0.05, 0.1) is 0 Å². The molecule has 0 spiro atoms. The lowest BCUT2D eigenvalue weighted by molar-refractivity contribution is 0.262. The quantitative estimate of drug-likeness (QED) is 0.839. The number of urea groups is 1. The molecule has 1 aromatic heterocycles. The Morgan fingerprint density at radius 1 is 1.37 bits per heavy atom. The minimum Gasteiger partial charge on any atom is -0.308 e. The number of anilines is 2. The van der Waals surface area contributed by atoms with E-state index in [1.807, 2.05) is 6.92 Å². The van der Waals surface area contributed by atoms with Gasteiger partial charge >= 0.3 is 6.03 Å². The highest BCUT2D eigenvalue weighted by Gasteiger charge is 2.08. The topological polar surface area (TPSA) is 66.9 Å². The molecule has 2 amide bonds. The summed E-state index contributed by atoms with van der Waals surface area (Å²) in [7, 11) is 0. The molecule has 0 saturated heterocycles. The number of thioether (sulfide) groups is 1. The third-order valence-electron chi connectivity index (χ3n) is 2.00. The molecule has 2 rings (SSSR count). The molecule has 0 bridgehead atoms. The third-order valence-corrected chi connectivity index (χ3v) is 3.73. The fourth-order valence-electron chi connectivity index (χ4n) is 1.24. The molecule has 19 heavy (non-hydrogen) atoms. The number of benzene rings is 1. The van der Waals surface area contributed by atoms with E-state index < -0.39 is 0 Å². The molecule has 0 unspecified atom stereocenters. The third kappa shape index (κ3) is 4.38. The Labute approximate surface area is 123 Å². The van der Waals surface area contributed by atoms with E-state index in [-0.39, 0.29) is 6.03 Å². The highest BCUT2D eigenvalue weighted by Crippen LogP contribution is 2.20. The van der Waals surface area contributed by atoms with Gasteiger partial charge in [-0.15, -0.1) is 0 Å². The van der Waals surface area contributed by atoms with Gasteiger partial charge in [0.25, 0.3) is 0 Å². The maximum absolute atomic E-state index is 11.7. The number of halogens is 1. The summed E-state index contributed by atoms with van der Waals surface area (Å²) in [5.41, 5.74) is 0.662. The number of carbonyl (C=O) groups excluding carboxylic acids is 1. The first kappa shape index (κ1) is 14.1. The number of hydrogen-bond acceptors (Lipinski definition) is 5. The van der Waals surface area contributed by atoms with Gasteiger partial charge in [0, 0.05) is 22.2 Å². The molecule has 8 heteroatoms. The van der Waals surface area contributed by atoms with Crippen LogP contribution >= 0.6 is 34.9 Å². The molecular weight excluding hydrogens is 304 g/mol. The molecule has 0 aliphatic carbocycles. The summed E-state index contributed by atoms with van der Waals surface area (Å²) in [5, 5.41) is 7.09. The van der Waals surface area contributed by atoms with Gasteiger partial charge in [-0.3, -0.25) is 5.32 Å².